The van der Waals surface area contributed by atoms with Crippen LogP contribution < -0.4 is 5.32 Å². The summed E-state index contributed by atoms with van der Waals surface area (Å²) in [6.45, 7) is 6.79. The Labute approximate surface area is 129 Å². The fraction of sp³-hybridized carbons (Fsp3) is 0.235. The molecule has 0 radical (unpaired) electrons. The van der Waals surface area contributed by atoms with Crippen LogP contribution in [0.4, 0.5) is 5.69 Å². The second-order valence-electron chi connectivity index (χ2n) is 5.31. The monoisotopic (exact) mass is 294 g/mol. The highest BCUT2D eigenvalue weighted by Gasteiger charge is 2.11. The van der Waals surface area contributed by atoms with Gasteiger partial charge in [-0.25, -0.2) is 4.68 Å². The summed E-state index contributed by atoms with van der Waals surface area (Å²) in [5.74, 6) is -0.137. The molecule has 0 saturated heterocycles. The molecule has 0 unspecified atom stereocenters. The number of rotatable bonds is 3. The van der Waals surface area contributed by atoms with Gasteiger partial charge in [-0.05, 0) is 56.2 Å². The third-order valence-electron chi connectivity index (χ3n) is 3.93. The van der Waals surface area contributed by atoms with E-state index in [9.17, 15) is 4.79 Å². The number of anilines is 1. The predicted molar refractivity (Wildman–Crippen MR) is 87.1 cm³/mol. The quantitative estimate of drug-likeness (QED) is 0.806. The summed E-state index contributed by atoms with van der Waals surface area (Å²) in [5.41, 5.74) is 5.31. The Bertz CT molecular complexity index is 851. The number of carbonyl (C=O) groups excluding carboxylic acids is 1. The summed E-state index contributed by atoms with van der Waals surface area (Å²) in [5, 5.41) is 11.1. The maximum Gasteiger partial charge on any atom is 0.255 e. The van der Waals surface area contributed by atoms with Gasteiger partial charge in [-0.2, -0.15) is 0 Å². The number of hydrogen-bond donors (Lipinski definition) is 1. The van der Waals surface area contributed by atoms with Crippen LogP contribution in [0.25, 0.3) is 11.0 Å². The molecule has 112 valence electrons. The van der Waals surface area contributed by atoms with Crippen molar-refractivity contribution in [3.63, 3.8) is 0 Å². The summed E-state index contributed by atoms with van der Waals surface area (Å²) >= 11 is 0. The fourth-order valence-electron chi connectivity index (χ4n) is 2.43. The van der Waals surface area contributed by atoms with Gasteiger partial charge in [0.2, 0.25) is 0 Å². The van der Waals surface area contributed by atoms with Gasteiger partial charge in [-0.1, -0.05) is 17.3 Å². The van der Waals surface area contributed by atoms with Gasteiger partial charge >= 0.3 is 0 Å². The SMILES string of the molecule is CCn1nnc2cc(C(=O)Nc3cccc(C)c3C)ccc21. The number of aryl methyl sites for hydroxylation is 2. The van der Waals surface area contributed by atoms with Crippen LogP contribution in [0.2, 0.25) is 0 Å². The Kier molecular flexibility index (Phi) is 3.63. The Morgan fingerprint density at radius 1 is 1.23 bits per heavy atom. The lowest BCUT2D eigenvalue weighted by molar-refractivity contribution is 0.102. The molecule has 5 nitrogen and oxygen atoms in total. The molecule has 5 heteroatoms. The maximum absolute atomic E-state index is 12.4. The minimum Gasteiger partial charge on any atom is -0.322 e. The number of amides is 1. The van der Waals surface area contributed by atoms with Crippen molar-refractivity contribution in [1.82, 2.24) is 15.0 Å². The normalized spacial score (nSPS) is 10.9. The van der Waals surface area contributed by atoms with Gasteiger partial charge in [-0.15, -0.1) is 5.10 Å². The third kappa shape index (κ3) is 2.45. The molecule has 0 spiro atoms. The van der Waals surface area contributed by atoms with E-state index in [0.29, 0.717) is 5.56 Å². The van der Waals surface area contributed by atoms with Gasteiger partial charge in [0.1, 0.15) is 5.52 Å². The summed E-state index contributed by atoms with van der Waals surface area (Å²) in [4.78, 5) is 12.4. The molecule has 0 aliphatic heterocycles. The van der Waals surface area contributed by atoms with E-state index in [2.05, 4.69) is 15.6 Å². The molecule has 22 heavy (non-hydrogen) atoms. The molecule has 1 aromatic heterocycles. The van der Waals surface area contributed by atoms with Crippen LogP contribution in [0.3, 0.4) is 0 Å². The van der Waals surface area contributed by atoms with Crippen molar-refractivity contribution >= 4 is 22.6 Å². The molecule has 1 N–H and O–H groups in total. The van der Waals surface area contributed by atoms with Gasteiger partial charge in [0, 0.05) is 17.8 Å². The molecule has 0 fully saturated rings. The van der Waals surface area contributed by atoms with Crippen LogP contribution in [0.15, 0.2) is 36.4 Å². The lowest BCUT2D eigenvalue weighted by Gasteiger charge is -2.10. The lowest BCUT2D eigenvalue weighted by atomic mass is 10.1. The van der Waals surface area contributed by atoms with E-state index in [4.69, 9.17) is 0 Å². The molecule has 3 aromatic rings. The summed E-state index contributed by atoms with van der Waals surface area (Å²) in [7, 11) is 0. The highest BCUT2D eigenvalue weighted by atomic mass is 16.1. The topological polar surface area (TPSA) is 59.8 Å². The van der Waals surface area contributed by atoms with Gasteiger partial charge < -0.3 is 5.32 Å². The van der Waals surface area contributed by atoms with E-state index < -0.39 is 0 Å². The van der Waals surface area contributed by atoms with E-state index in [1.54, 1.807) is 12.1 Å². The highest BCUT2D eigenvalue weighted by molar-refractivity contribution is 6.06. The zero-order valence-electron chi connectivity index (χ0n) is 12.9. The van der Waals surface area contributed by atoms with Crippen LogP contribution in [0, 0.1) is 13.8 Å². The standard InChI is InChI=1S/C17H18N4O/c1-4-21-16-9-8-13(10-15(16)19-20-21)17(22)18-14-7-5-6-11(2)12(14)3/h5-10H,4H2,1-3H3,(H,18,22). The second-order valence-corrected chi connectivity index (χ2v) is 5.31. The molecule has 0 aliphatic rings. The van der Waals surface area contributed by atoms with Crippen molar-refractivity contribution < 1.29 is 4.79 Å². The van der Waals surface area contributed by atoms with E-state index >= 15 is 0 Å². The molecule has 0 aliphatic carbocycles. The summed E-state index contributed by atoms with van der Waals surface area (Å²) in [6.07, 6.45) is 0. The van der Waals surface area contributed by atoms with E-state index in [1.165, 1.54) is 0 Å². The highest BCUT2D eigenvalue weighted by Crippen LogP contribution is 2.20. The van der Waals surface area contributed by atoms with Gasteiger partial charge in [0.15, 0.2) is 0 Å². The zero-order chi connectivity index (χ0) is 15.7. The Morgan fingerprint density at radius 2 is 2.05 bits per heavy atom. The average Bonchev–Trinajstić information content (AvgIpc) is 2.94. The largest absolute Gasteiger partial charge is 0.322 e. The van der Waals surface area contributed by atoms with Gasteiger partial charge in [0.25, 0.3) is 5.91 Å². The number of benzene rings is 2. The molecule has 2 aromatic carbocycles. The molecule has 0 saturated carbocycles. The van der Waals surface area contributed by atoms with E-state index in [1.807, 2.05) is 49.7 Å². The van der Waals surface area contributed by atoms with Crippen molar-refractivity contribution in [1.29, 1.82) is 0 Å². The van der Waals surface area contributed by atoms with E-state index in [0.717, 1.165) is 34.4 Å². The van der Waals surface area contributed by atoms with Crippen LogP contribution in [0.1, 0.15) is 28.4 Å². The summed E-state index contributed by atoms with van der Waals surface area (Å²) in [6, 6.07) is 11.3. The molecule has 3 rings (SSSR count). The molecule has 0 bridgehead atoms. The number of nitrogens with one attached hydrogen (secondary N) is 1. The van der Waals surface area contributed by atoms with Crippen LogP contribution in [-0.4, -0.2) is 20.9 Å². The minimum absolute atomic E-state index is 0.137. The van der Waals surface area contributed by atoms with E-state index in [-0.39, 0.29) is 5.91 Å². The number of fused-ring (bicyclic) bond motifs is 1. The van der Waals surface area contributed by atoms with Crippen molar-refractivity contribution in [3.8, 4) is 0 Å². The minimum atomic E-state index is -0.137. The Balaban J connectivity index is 1.90. The predicted octanol–water partition coefficient (Wildman–Crippen LogP) is 3.32. The number of aromatic nitrogens is 3. The van der Waals surface area contributed by atoms with Gasteiger partial charge in [0.05, 0.1) is 5.52 Å². The first kappa shape index (κ1) is 14.3. The second kappa shape index (κ2) is 5.60. The lowest BCUT2D eigenvalue weighted by Crippen LogP contribution is -2.13. The third-order valence-corrected chi connectivity index (χ3v) is 3.93. The van der Waals surface area contributed by atoms with Crippen LogP contribution in [0.5, 0.6) is 0 Å². The molecule has 1 heterocycles. The number of hydrogen-bond acceptors (Lipinski definition) is 3. The van der Waals surface area contributed by atoms with Crippen molar-refractivity contribution in [2.75, 3.05) is 5.32 Å². The zero-order valence-corrected chi connectivity index (χ0v) is 12.9. The van der Waals surface area contributed by atoms with Crippen LogP contribution >= 0.6 is 0 Å². The van der Waals surface area contributed by atoms with Gasteiger partial charge in [-0.3, -0.25) is 4.79 Å². The number of carbonyl (C=O) groups is 1. The average molecular weight is 294 g/mol. The molecule has 0 atom stereocenters. The molecule has 1 amide bonds. The Morgan fingerprint density at radius 3 is 2.82 bits per heavy atom. The molecular formula is C17H18N4O. The fourth-order valence-corrected chi connectivity index (χ4v) is 2.43. The number of nitrogens with zero attached hydrogens (tertiary/aromatic N) is 3. The smallest absolute Gasteiger partial charge is 0.255 e. The maximum atomic E-state index is 12.4. The van der Waals surface area contributed by atoms with Crippen LogP contribution in [-0.2, 0) is 6.54 Å². The van der Waals surface area contributed by atoms with Crippen molar-refractivity contribution in [2.45, 2.75) is 27.3 Å². The first-order valence-corrected chi connectivity index (χ1v) is 7.31. The first-order valence-electron chi connectivity index (χ1n) is 7.31. The Hall–Kier alpha value is -2.69. The molecular weight excluding hydrogens is 276 g/mol. The van der Waals surface area contributed by atoms with Crippen molar-refractivity contribution in [3.05, 3.63) is 53.1 Å². The van der Waals surface area contributed by atoms with Crippen molar-refractivity contribution in [2.24, 2.45) is 0 Å². The summed E-state index contributed by atoms with van der Waals surface area (Å²) < 4.78 is 1.81. The first-order chi connectivity index (χ1) is 10.6.